The summed E-state index contributed by atoms with van der Waals surface area (Å²) in [6.45, 7) is 5.62. The van der Waals surface area contributed by atoms with Gasteiger partial charge in [-0.1, -0.05) is 0 Å². The Morgan fingerprint density at radius 3 is 2.33 bits per heavy atom. The molecule has 1 fully saturated rings. The van der Waals surface area contributed by atoms with Gasteiger partial charge in [-0.05, 0) is 32.8 Å². The fourth-order valence-corrected chi connectivity index (χ4v) is 2.74. The van der Waals surface area contributed by atoms with E-state index in [2.05, 4.69) is 25.3 Å². The number of nitrogens with zero attached hydrogens (tertiary/aromatic N) is 5. The Morgan fingerprint density at radius 1 is 1.12 bits per heavy atom. The average Bonchev–Trinajstić information content (AvgIpc) is 3.07. The van der Waals surface area contributed by atoms with Gasteiger partial charge in [-0.15, -0.1) is 0 Å². The lowest BCUT2D eigenvalue weighted by atomic mass is 10.2. The fraction of sp³-hybridized carbons (Fsp3) is 0.438. The lowest BCUT2D eigenvalue weighted by Gasteiger charge is -2.18. The molecule has 1 N–H and O–H groups in total. The van der Waals surface area contributed by atoms with Crippen LogP contribution < -0.4 is 15.8 Å². The van der Waals surface area contributed by atoms with Crippen LogP contribution in [-0.2, 0) is 7.05 Å². The average molecular weight is 328 g/mol. The van der Waals surface area contributed by atoms with Crippen molar-refractivity contribution in [2.45, 2.75) is 26.7 Å². The summed E-state index contributed by atoms with van der Waals surface area (Å²) in [6.07, 6.45) is 2.30. The number of nitrogens with one attached hydrogen (secondary N) is 1. The maximum absolute atomic E-state index is 12.4. The Balaban J connectivity index is 1.85. The van der Waals surface area contributed by atoms with E-state index in [1.807, 2.05) is 13.8 Å². The zero-order valence-electron chi connectivity index (χ0n) is 14.0. The first-order valence-electron chi connectivity index (χ1n) is 7.91. The number of anilines is 2. The molecule has 0 aliphatic carbocycles. The summed E-state index contributed by atoms with van der Waals surface area (Å²) in [4.78, 5) is 34.9. The molecule has 1 aliphatic heterocycles. The van der Waals surface area contributed by atoms with Crippen molar-refractivity contribution < 1.29 is 4.79 Å². The Labute approximate surface area is 139 Å². The number of aromatic nitrogens is 4. The third kappa shape index (κ3) is 3.12. The van der Waals surface area contributed by atoms with Crippen molar-refractivity contribution in [2.24, 2.45) is 7.05 Å². The predicted octanol–water partition coefficient (Wildman–Crippen LogP) is 1.04. The van der Waals surface area contributed by atoms with Crippen LogP contribution in [0.2, 0.25) is 0 Å². The molecule has 1 aliphatic rings. The minimum atomic E-state index is -0.394. The summed E-state index contributed by atoms with van der Waals surface area (Å²) in [5, 5.41) is 6.75. The van der Waals surface area contributed by atoms with Gasteiger partial charge in [0.05, 0.1) is 17.1 Å². The van der Waals surface area contributed by atoms with E-state index in [9.17, 15) is 9.59 Å². The van der Waals surface area contributed by atoms with Gasteiger partial charge < -0.3 is 10.2 Å². The molecule has 8 heteroatoms. The molecule has 2 aromatic heterocycles. The van der Waals surface area contributed by atoms with E-state index in [4.69, 9.17) is 0 Å². The maximum atomic E-state index is 12.4. The molecule has 2 aromatic rings. The molecular formula is C16H20N6O2. The van der Waals surface area contributed by atoms with Gasteiger partial charge in [0.2, 0.25) is 5.95 Å². The highest BCUT2D eigenvalue weighted by Gasteiger charge is 2.19. The van der Waals surface area contributed by atoms with Gasteiger partial charge in [0.25, 0.3) is 11.5 Å². The SMILES string of the molecule is Cc1nc(N2CCCC2)nc(C)c1NC(=O)c1ccc(=O)n(C)n1. The number of aryl methyl sites for hydroxylation is 3. The third-order valence-electron chi connectivity index (χ3n) is 4.08. The van der Waals surface area contributed by atoms with Crippen LogP contribution in [0.1, 0.15) is 34.7 Å². The standard InChI is InChI=1S/C16H20N6O2/c1-10-14(11(2)18-16(17-10)22-8-4-5-9-22)19-15(24)12-6-7-13(23)21(3)20-12/h6-7H,4-5,8-9H2,1-3H3,(H,19,24). The van der Waals surface area contributed by atoms with Crippen molar-refractivity contribution in [3.63, 3.8) is 0 Å². The second-order valence-corrected chi connectivity index (χ2v) is 5.90. The van der Waals surface area contributed by atoms with Crippen molar-refractivity contribution in [1.82, 2.24) is 19.7 Å². The van der Waals surface area contributed by atoms with Crippen LogP contribution in [0.25, 0.3) is 0 Å². The summed E-state index contributed by atoms with van der Waals surface area (Å²) in [7, 11) is 1.50. The molecule has 1 amide bonds. The van der Waals surface area contributed by atoms with Crippen LogP contribution >= 0.6 is 0 Å². The zero-order valence-corrected chi connectivity index (χ0v) is 14.0. The molecule has 0 saturated carbocycles. The second-order valence-electron chi connectivity index (χ2n) is 5.90. The number of rotatable bonds is 3. The van der Waals surface area contributed by atoms with E-state index in [1.54, 1.807) is 0 Å². The van der Waals surface area contributed by atoms with Gasteiger partial charge >= 0.3 is 0 Å². The van der Waals surface area contributed by atoms with Gasteiger partial charge in [-0.25, -0.2) is 14.6 Å². The van der Waals surface area contributed by atoms with E-state index in [0.29, 0.717) is 23.0 Å². The Kier molecular flexibility index (Phi) is 4.28. The van der Waals surface area contributed by atoms with Gasteiger partial charge in [0.15, 0.2) is 0 Å². The number of carbonyl (C=O) groups excluding carboxylic acids is 1. The highest BCUT2D eigenvalue weighted by molar-refractivity contribution is 6.03. The van der Waals surface area contributed by atoms with E-state index in [0.717, 1.165) is 30.6 Å². The number of amides is 1. The Hall–Kier alpha value is -2.77. The molecule has 0 aromatic carbocycles. The van der Waals surface area contributed by atoms with Crippen LogP contribution in [0, 0.1) is 13.8 Å². The van der Waals surface area contributed by atoms with Crippen molar-refractivity contribution in [3.05, 3.63) is 39.6 Å². The summed E-state index contributed by atoms with van der Waals surface area (Å²) in [5.41, 5.74) is 1.90. The first kappa shape index (κ1) is 16.1. The quantitative estimate of drug-likeness (QED) is 0.905. The molecule has 8 nitrogen and oxygen atoms in total. The van der Waals surface area contributed by atoms with Gasteiger partial charge in [-0.2, -0.15) is 5.10 Å². The van der Waals surface area contributed by atoms with Crippen molar-refractivity contribution in [2.75, 3.05) is 23.3 Å². The molecular weight excluding hydrogens is 308 g/mol. The van der Waals surface area contributed by atoms with E-state index >= 15 is 0 Å². The molecule has 3 heterocycles. The first-order valence-corrected chi connectivity index (χ1v) is 7.91. The maximum Gasteiger partial charge on any atom is 0.276 e. The molecule has 126 valence electrons. The molecule has 24 heavy (non-hydrogen) atoms. The van der Waals surface area contributed by atoms with Gasteiger partial charge in [0, 0.05) is 26.2 Å². The summed E-state index contributed by atoms with van der Waals surface area (Å²) >= 11 is 0. The van der Waals surface area contributed by atoms with Gasteiger partial charge in [0.1, 0.15) is 5.69 Å². The van der Waals surface area contributed by atoms with E-state index in [-0.39, 0.29) is 11.3 Å². The van der Waals surface area contributed by atoms with Crippen LogP contribution in [0.3, 0.4) is 0 Å². The van der Waals surface area contributed by atoms with Crippen LogP contribution in [-0.4, -0.2) is 38.7 Å². The summed E-state index contributed by atoms with van der Waals surface area (Å²) in [6, 6.07) is 2.72. The highest BCUT2D eigenvalue weighted by Crippen LogP contribution is 2.23. The van der Waals surface area contributed by atoms with Crippen LogP contribution in [0.15, 0.2) is 16.9 Å². The van der Waals surface area contributed by atoms with Crippen molar-refractivity contribution >= 4 is 17.5 Å². The smallest absolute Gasteiger partial charge is 0.276 e. The molecule has 1 saturated heterocycles. The number of hydrogen-bond donors (Lipinski definition) is 1. The molecule has 0 spiro atoms. The van der Waals surface area contributed by atoms with E-state index < -0.39 is 5.91 Å². The second kappa shape index (κ2) is 6.38. The Morgan fingerprint density at radius 2 is 1.75 bits per heavy atom. The van der Waals surface area contributed by atoms with Crippen molar-refractivity contribution in [1.29, 1.82) is 0 Å². The van der Waals surface area contributed by atoms with Crippen LogP contribution in [0.4, 0.5) is 11.6 Å². The first-order chi connectivity index (χ1) is 11.5. The third-order valence-corrected chi connectivity index (χ3v) is 4.08. The monoisotopic (exact) mass is 328 g/mol. The zero-order chi connectivity index (χ0) is 17.3. The summed E-state index contributed by atoms with van der Waals surface area (Å²) < 4.78 is 1.13. The predicted molar refractivity (Wildman–Crippen MR) is 90.4 cm³/mol. The molecule has 0 atom stereocenters. The van der Waals surface area contributed by atoms with E-state index in [1.165, 1.54) is 19.2 Å². The molecule has 0 bridgehead atoms. The highest BCUT2D eigenvalue weighted by atomic mass is 16.2. The topological polar surface area (TPSA) is 93.0 Å². The van der Waals surface area contributed by atoms with Crippen molar-refractivity contribution in [3.8, 4) is 0 Å². The largest absolute Gasteiger partial charge is 0.341 e. The number of hydrogen-bond acceptors (Lipinski definition) is 6. The molecule has 0 unspecified atom stereocenters. The minimum absolute atomic E-state index is 0.166. The normalized spacial score (nSPS) is 14.0. The lowest BCUT2D eigenvalue weighted by Crippen LogP contribution is -2.25. The lowest BCUT2D eigenvalue weighted by molar-refractivity contribution is 0.102. The number of carbonyl (C=O) groups is 1. The summed E-state index contributed by atoms with van der Waals surface area (Å²) in [5.74, 6) is 0.315. The Bertz CT molecular complexity index is 816. The fourth-order valence-electron chi connectivity index (χ4n) is 2.74. The van der Waals surface area contributed by atoms with Crippen LogP contribution in [0.5, 0.6) is 0 Å². The minimum Gasteiger partial charge on any atom is -0.341 e. The molecule has 3 rings (SSSR count). The van der Waals surface area contributed by atoms with Gasteiger partial charge in [-0.3, -0.25) is 9.59 Å². The molecule has 0 radical (unpaired) electrons.